The van der Waals surface area contributed by atoms with Crippen molar-refractivity contribution in [2.75, 3.05) is 24.7 Å². The summed E-state index contributed by atoms with van der Waals surface area (Å²) in [6, 6.07) is 0. The third kappa shape index (κ3) is 3.12. The van der Waals surface area contributed by atoms with Crippen molar-refractivity contribution in [2.45, 2.75) is 13.8 Å². The average Bonchev–Trinajstić information content (AvgIpc) is 2.66. The van der Waals surface area contributed by atoms with E-state index in [4.69, 9.17) is 9.47 Å². The van der Waals surface area contributed by atoms with Gasteiger partial charge in [0.25, 0.3) is 0 Å². The lowest BCUT2D eigenvalue weighted by Crippen LogP contribution is -2.31. The Morgan fingerprint density at radius 3 is 1.80 bits per heavy atom. The van der Waals surface area contributed by atoms with Crippen molar-refractivity contribution in [1.82, 2.24) is 0 Å². The molecule has 0 spiro atoms. The fourth-order valence-corrected chi connectivity index (χ4v) is 2.90. The number of esters is 2. The minimum atomic E-state index is -0.325. The maximum atomic E-state index is 11.5. The fraction of sp³-hybridized carbons (Fsp3) is 0.800. The average molecular weight is 232 g/mol. The Morgan fingerprint density at radius 1 is 1.07 bits per heavy atom. The van der Waals surface area contributed by atoms with Gasteiger partial charge >= 0.3 is 11.9 Å². The van der Waals surface area contributed by atoms with E-state index in [1.807, 2.05) is 0 Å². The number of ether oxygens (including phenoxy) is 2. The standard InChI is InChI=1S/C10H16O4S/c1-3-13-9(11)7-5-15-6-8(7)10(12)14-4-2/h7-8H,3-6H2,1-2H3/t7-,8+. The van der Waals surface area contributed by atoms with Crippen LogP contribution < -0.4 is 0 Å². The van der Waals surface area contributed by atoms with Crippen LogP contribution in [0.1, 0.15) is 13.8 Å². The molecule has 0 bridgehead atoms. The van der Waals surface area contributed by atoms with Gasteiger partial charge in [0.1, 0.15) is 0 Å². The van der Waals surface area contributed by atoms with Gasteiger partial charge in [0.2, 0.25) is 0 Å². The van der Waals surface area contributed by atoms with Gasteiger partial charge in [-0.1, -0.05) is 0 Å². The van der Waals surface area contributed by atoms with Crippen molar-refractivity contribution in [2.24, 2.45) is 11.8 Å². The van der Waals surface area contributed by atoms with Crippen molar-refractivity contribution in [3.8, 4) is 0 Å². The maximum Gasteiger partial charge on any atom is 0.310 e. The molecule has 0 aromatic carbocycles. The molecule has 1 saturated heterocycles. The first-order chi connectivity index (χ1) is 7.20. The first kappa shape index (κ1) is 12.4. The van der Waals surface area contributed by atoms with Gasteiger partial charge in [-0.3, -0.25) is 9.59 Å². The topological polar surface area (TPSA) is 52.6 Å². The zero-order chi connectivity index (χ0) is 11.3. The highest BCUT2D eigenvalue weighted by Gasteiger charge is 2.40. The molecule has 0 aromatic rings. The summed E-state index contributed by atoms with van der Waals surface area (Å²) >= 11 is 1.60. The summed E-state index contributed by atoms with van der Waals surface area (Å²) in [5.74, 6) is 0.106. The second kappa shape index (κ2) is 6.00. The second-order valence-electron chi connectivity index (χ2n) is 3.25. The van der Waals surface area contributed by atoms with Crippen molar-refractivity contribution >= 4 is 23.7 Å². The molecule has 4 nitrogen and oxygen atoms in total. The molecule has 0 aliphatic carbocycles. The summed E-state index contributed by atoms with van der Waals surface area (Å²) in [6.07, 6.45) is 0. The number of carbonyl (C=O) groups is 2. The predicted molar refractivity (Wildman–Crippen MR) is 57.6 cm³/mol. The third-order valence-corrected chi connectivity index (χ3v) is 3.45. The molecule has 86 valence electrons. The van der Waals surface area contributed by atoms with Gasteiger partial charge in [0, 0.05) is 11.5 Å². The van der Waals surface area contributed by atoms with E-state index in [0.29, 0.717) is 24.7 Å². The van der Waals surface area contributed by atoms with E-state index in [2.05, 4.69) is 0 Å². The molecule has 1 aliphatic heterocycles. The van der Waals surface area contributed by atoms with Gasteiger partial charge in [-0.15, -0.1) is 0 Å². The molecule has 15 heavy (non-hydrogen) atoms. The highest BCUT2D eigenvalue weighted by Crippen LogP contribution is 2.31. The lowest BCUT2D eigenvalue weighted by molar-refractivity contribution is -0.157. The number of carbonyl (C=O) groups excluding carboxylic acids is 2. The molecular weight excluding hydrogens is 216 g/mol. The quantitative estimate of drug-likeness (QED) is 0.679. The van der Waals surface area contributed by atoms with E-state index in [9.17, 15) is 9.59 Å². The summed E-state index contributed by atoms with van der Waals surface area (Å²) in [6.45, 7) is 4.24. The van der Waals surface area contributed by atoms with Crippen molar-refractivity contribution in [3.63, 3.8) is 0 Å². The maximum absolute atomic E-state index is 11.5. The third-order valence-electron chi connectivity index (χ3n) is 2.26. The molecule has 0 radical (unpaired) electrons. The van der Waals surface area contributed by atoms with E-state index in [1.165, 1.54) is 0 Å². The second-order valence-corrected chi connectivity index (χ2v) is 4.33. The van der Waals surface area contributed by atoms with Crippen molar-refractivity contribution in [3.05, 3.63) is 0 Å². The van der Waals surface area contributed by atoms with Crippen molar-refractivity contribution in [1.29, 1.82) is 0 Å². The minimum absolute atomic E-state index is 0.277. The van der Waals surface area contributed by atoms with Gasteiger partial charge in [-0.2, -0.15) is 11.8 Å². The van der Waals surface area contributed by atoms with E-state index in [1.54, 1.807) is 25.6 Å². The zero-order valence-corrected chi connectivity index (χ0v) is 9.84. The molecule has 1 aliphatic rings. The first-order valence-electron chi connectivity index (χ1n) is 5.11. The van der Waals surface area contributed by atoms with E-state index in [-0.39, 0.29) is 23.8 Å². The zero-order valence-electron chi connectivity index (χ0n) is 9.02. The molecule has 2 atom stereocenters. The molecule has 0 aromatic heterocycles. The summed E-state index contributed by atoms with van der Waals surface area (Å²) in [5.41, 5.74) is 0. The van der Waals surface area contributed by atoms with Gasteiger partial charge in [-0.25, -0.2) is 0 Å². The first-order valence-corrected chi connectivity index (χ1v) is 6.27. The monoisotopic (exact) mass is 232 g/mol. The van der Waals surface area contributed by atoms with E-state index < -0.39 is 0 Å². The summed E-state index contributed by atoms with van der Waals surface area (Å²) in [5, 5.41) is 0. The molecule has 0 saturated carbocycles. The smallest absolute Gasteiger partial charge is 0.310 e. The van der Waals surface area contributed by atoms with Gasteiger partial charge in [-0.05, 0) is 13.8 Å². The predicted octanol–water partition coefficient (Wildman–Crippen LogP) is 1.09. The van der Waals surface area contributed by atoms with Crippen LogP contribution in [-0.4, -0.2) is 36.7 Å². The summed E-state index contributed by atoms with van der Waals surface area (Å²) in [4.78, 5) is 23.0. The molecule has 0 unspecified atom stereocenters. The largest absolute Gasteiger partial charge is 0.466 e. The highest BCUT2D eigenvalue weighted by atomic mass is 32.2. The van der Waals surface area contributed by atoms with Crippen LogP contribution >= 0.6 is 11.8 Å². The Hall–Kier alpha value is -0.710. The lowest BCUT2D eigenvalue weighted by atomic mass is 9.96. The van der Waals surface area contributed by atoms with Crippen LogP contribution in [0.25, 0.3) is 0 Å². The molecule has 1 rings (SSSR count). The normalized spacial score (nSPS) is 24.9. The molecule has 0 N–H and O–H groups in total. The molecule has 5 heteroatoms. The van der Waals surface area contributed by atoms with Crippen molar-refractivity contribution < 1.29 is 19.1 Å². The van der Waals surface area contributed by atoms with E-state index >= 15 is 0 Å². The van der Waals surface area contributed by atoms with Crippen LogP contribution in [0, 0.1) is 11.8 Å². The summed E-state index contributed by atoms with van der Waals surface area (Å²) in [7, 11) is 0. The Bertz CT molecular complexity index is 218. The van der Waals surface area contributed by atoms with Crippen LogP contribution in [0.3, 0.4) is 0 Å². The Labute approximate surface area is 93.7 Å². The van der Waals surface area contributed by atoms with Gasteiger partial charge < -0.3 is 9.47 Å². The SMILES string of the molecule is CCOC(=O)[C@H]1CSC[C@H]1C(=O)OCC. The Kier molecular flexibility index (Phi) is 4.94. The molecular formula is C10H16O4S. The number of hydrogen-bond donors (Lipinski definition) is 0. The molecule has 1 fully saturated rings. The van der Waals surface area contributed by atoms with Crippen LogP contribution in [0.15, 0.2) is 0 Å². The fourth-order valence-electron chi connectivity index (χ4n) is 1.52. The van der Waals surface area contributed by atoms with Crippen LogP contribution in [0.2, 0.25) is 0 Å². The molecule has 1 heterocycles. The lowest BCUT2D eigenvalue weighted by Gasteiger charge is -2.15. The Morgan fingerprint density at radius 2 is 1.47 bits per heavy atom. The Balaban J connectivity index is 2.56. The van der Waals surface area contributed by atoms with Crippen LogP contribution in [-0.2, 0) is 19.1 Å². The number of rotatable bonds is 4. The number of hydrogen-bond acceptors (Lipinski definition) is 5. The summed E-state index contributed by atoms with van der Waals surface area (Å²) < 4.78 is 9.85. The van der Waals surface area contributed by atoms with E-state index in [0.717, 1.165) is 0 Å². The number of thioether (sulfide) groups is 1. The van der Waals surface area contributed by atoms with Gasteiger partial charge in [0.15, 0.2) is 0 Å². The minimum Gasteiger partial charge on any atom is -0.466 e. The molecule has 0 amide bonds. The van der Waals surface area contributed by atoms with Crippen LogP contribution in [0.4, 0.5) is 0 Å². The highest BCUT2D eigenvalue weighted by molar-refractivity contribution is 7.99. The van der Waals surface area contributed by atoms with Gasteiger partial charge in [0.05, 0.1) is 25.0 Å². The van der Waals surface area contributed by atoms with Crippen LogP contribution in [0.5, 0.6) is 0 Å².